The number of rotatable bonds is 3. The largest absolute Gasteiger partial charge is 0.276 e. The standard InChI is InChI=1S/C13H9ClF2N2/c14-11-4-2-1-3-9(11)8-17-18-13-6-5-10(15)7-12(13)16/h1-8,18H/b17-8+. The van der Waals surface area contributed by atoms with Gasteiger partial charge >= 0.3 is 0 Å². The highest BCUT2D eigenvalue weighted by molar-refractivity contribution is 6.33. The lowest BCUT2D eigenvalue weighted by molar-refractivity contribution is 0.585. The molecule has 0 fully saturated rings. The molecule has 0 bridgehead atoms. The van der Waals surface area contributed by atoms with Crippen molar-refractivity contribution >= 4 is 23.5 Å². The summed E-state index contributed by atoms with van der Waals surface area (Å²) < 4.78 is 25.9. The average molecular weight is 267 g/mol. The maximum absolute atomic E-state index is 13.3. The first kappa shape index (κ1) is 12.5. The lowest BCUT2D eigenvalue weighted by atomic mass is 10.2. The van der Waals surface area contributed by atoms with Gasteiger partial charge in [0.1, 0.15) is 5.82 Å². The van der Waals surface area contributed by atoms with Gasteiger partial charge in [-0.2, -0.15) is 5.10 Å². The van der Waals surface area contributed by atoms with Crippen molar-refractivity contribution in [1.82, 2.24) is 0 Å². The first-order valence-electron chi connectivity index (χ1n) is 5.15. The van der Waals surface area contributed by atoms with E-state index in [-0.39, 0.29) is 5.69 Å². The fourth-order valence-corrected chi connectivity index (χ4v) is 1.52. The molecule has 1 N–H and O–H groups in total. The Hall–Kier alpha value is -1.94. The van der Waals surface area contributed by atoms with E-state index in [1.807, 2.05) is 6.07 Å². The summed E-state index contributed by atoms with van der Waals surface area (Å²) in [6.07, 6.45) is 1.46. The number of nitrogens with zero attached hydrogens (tertiary/aromatic N) is 1. The van der Waals surface area contributed by atoms with Crippen molar-refractivity contribution in [1.29, 1.82) is 0 Å². The first-order valence-corrected chi connectivity index (χ1v) is 5.53. The van der Waals surface area contributed by atoms with Crippen molar-refractivity contribution < 1.29 is 8.78 Å². The molecule has 0 radical (unpaired) electrons. The molecule has 0 aliphatic rings. The summed E-state index contributed by atoms with van der Waals surface area (Å²) >= 11 is 5.92. The molecule has 0 aliphatic heterocycles. The van der Waals surface area contributed by atoms with E-state index in [4.69, 9.17) is 11.6 Å². The van der Waals surface area contributed by atoms with Crippen LogP contribution in [0, 0.1) is 11.6 Å². The van der Waals surface area contributed by atoms with Gasteiger partial charge in [-0.3, -0.25) is 5.43 Å². The molecule has 0 aromatic heterocycles. The van der Waals surface area contributed by atoms with Crippen LogP contribution >= 0.6 is 11.6 Å². The average Bonchev–Trinajstić information content (AvgIpc) is 2.34. The van der Waals surface area contributed by atoms with E-state index in [1.54, 1.807) is 18.2 Å². The van der Waals surface area contributed by atoms with Gasteiger partial charge in [0.25, 0.3) is 0 Å². The normalized spacial score (nSPS) is 10.8. The minimum absolute atomic E-state index is 0.0969. The molecule has 0 unspecified atom stereocenters. The number of hydrogen-bond donors (Lipinski definition) is 1. The van der Waals surface area contributed by atoms with Crippen LogP contribution in [0.1, 0.15) is 5.56 Å². The van der Waals surface area contributed by atoms with Crippen molar-refractivity contribution in [3.05, 3.63) is 64.7 Å². The molecule has 0 amide bonds. The summed E-state index contributed by atoms with van der Waals surface area (Å²) in [4.78, 5) is 0. The summed E-state index contributed by atoms with van der Waals surface area (Å²) in [7, 11) is 0. The van der Waals surface area contributed by atoms with Crippen LogP contribution in [0.5, 0.6) is 0 Å². The van der Waals surface area contributed by atoms with Crippen LogP contribution in [0.3, 0.4) is 0 Å². The zero-order valence-corrected chi connectivity index (χ0v) is 9.96. The molecule has 0 saturated heterocycles. The third-order valence-electron chi connectivity index (χ3n) is 2.22. The van der Waals surface area contributed by atoms with Crippen LogP contribution in [0.4, 0.5) is 14.5 Å². The van der Waals surface area contributed by atoms with Gasteiger partial charge in [-0.15, -0.1) is 0 Å². The highest BCUT2D eigenvalue weighted by Crippen LogP contribution is 2.15. The van der Waals surface area contributed by atoms with Crippen molar-refractivity contribution in [2.75, 3.05) is 5.43 Å². The Labute approximate surface area is 108 Å². The molecule has 0 heterocycles. The van der Waals surface area contributed by atoms with E-state index >= 15 is 0 Å². The van der Waals surface area contributed by atoms with Crippen LogP contribution in [0.25, 0.3) is 0 Å². The fourth-order valence-electron chi connectivity index (χ4n) is 1.33. The Morgan fingerprint density at radius 2 is 1.89 bits per heavy atom. The van der Waals surface area contributed by atoms with Gasteiger partial charge in [-0.05, 0) is 18.2 Å². The van der Waals surface area contributed by atoms with Crippen LogP contribution in [0.15, 0.2) is 47.6 Å². The third-order valence-corrected chi connectivity index (χ3v) is 2.57. The maximum Gasteiger partial charge on any atom is 0.151 e. The number of halogens is 3. The zero-order chi connectivity index (χ0) is 13.0. The summed E-state index contributed by atoms with van der Waals surface area (Å²) in [5.41, 5.74) is 3.28. The second kappa shape index (κ2) is 5.60. The Morgan fingerprint density at radius 3 is 2.61 bits per heavy atom. The van der Waals surface area contributed by atoms with Crippen LogP contribution in [-0.4, -0.2) is 6.21 Å². The molecular formula is C13H9ClF2N2. The number of hydrogen-bond acceptors (Lipinski definition) is 2. The molecule has 92 valence electrons. The smallest absolute Gasteiger partial charge is 0.151 e. The van der Waals surface area contributed by atoms with Crippen molar-refractivity contribution in [2.45, 2.75) is 0 Å². The van der Waals surface area contributed by atoms with Crippen LogP contribution in [0.2, 0.25) is 5.02 Å². The predicted octanol–water partition coefficient (Wildman–Crippen LogP) is 4.06. The lowest BCUT2D eigenvalue weighted by Crippen LogP contribution is -1.94. The molecule has 2 aromatic rings. The second-order valence-corrected chi connectivity index (χ2v) is 3.92. The summed E-state index contributed by atoms with van der Waals surface area (Å²) in [6.45, 7) is 0. The highest BCUT2D eigenvalue weighted by atomic mass is 35.5. The van der Waals surface area contributed by atoms with E-state index in [0.717, 1.165) is 12.1 Å². The zero-order valence-electron chi connectivity index (χ0n) is 9.20. The first-order chi connectivity index (χ1) is 8.66. The van der Waals surface area contributed by atoms with E-state index in [9.17, 15) is 8.78 Å². The van der Waals surface area contributed by atoms with Crippen molar-refractivity contribution in [3.63, 3.8) is 0 Å². The van der Waals surface area contributed by atoms with Gasteiger partial charge < -0.3 is 0 Å². The van der Waals surface area contributed by atoms with E-state index in [2.05, 4.69) is 10.5 Å². The van der Waals surface area contributed by atoms with Gasteiger partial charge in [0, 0.05) is 16.7 Å². The Balaban J connectivity index is 2.10. The van der Waals surface area contributed by atoms with Gasteiger partial charge in [0.05, 0.1) is 11.9 Å². The topological polar surface area (TPSA) is 24.4 Å². The molecule has 2 aromatic carbocycles. The molecule has 2 nitrogen and oxygen atoms in total. The molecule has 2 rings (SSSR count). The molecule has 18 heavy (non-hydrogen) atoms. The van der Waals surface area contributed by atoms with Gasteiger partial charge in [0.15, 0.2) is 5.82 Å². The Bertz CT molecular complexity index is 585. The van der Waals surface area contributed by atoms with Crippen molar-refractivity contribution in [3.8, 4) is 0 Å². The third kappa shape index (κ3) is 3.05. The summed E-state index contributed by atoms with van der Waals surface area (Å²) in [6, 6.07) is 10.3. The van der Waals surface area contributed by atoms with E-state index in [0.29, 0.717) is 10.6 Å². The van der Waals surface area contributed by atoms with Gasteiger partial charge in [0.2, 0.25) is 0 Å². The molecule has 0 saturated carbocycles. The number of anilines is 1. The minimum Gasteiger partial charge on any atom is -0.276 e. The number of benzene rings is 2. The highest BCUT2D eigenvalue weighted by Gasteiger charge is 2.01. The quantitative estimate of drug-likeness (QED) is 0.657. The molecule has 0 aliphatic carbocycles. The summed E-state index contributed by atoms with van der Waals surface area (Å²) in [5.74, 6) is -1.33. The summed E-state index contributed by atoms with van der Waals surface area (Å²) in [5, 5.41) is 4.39. The van der Waals surface area contributed by atoms with E-state index < -0.39 is 11.6 Å². The second-order valence-electron chi connectivity index (χ2n) is 3.52. The van der Waals surface area contributed by atoms with E-state index in [1.165, 1.54) is 12.3 Å². The van der Waals surface area contributed by atoms with Gasteiger partial charge in [-0.25, -0.2) is 8.78 Å². The van der Waals surface area contributed by atoms with Crippen LogP contribution < -0.4 is 5.43 Å². The fraction of sp³-hybridized carbons (Fsp3) is 0. The molecular weight excluding hydrogens is 258 g/mol. The predicted molar refractivity (Wildman–Crippen MR) is 69.0 cm³/mol. The lowest BCUT2D eigenvalue weighted by Gasteiger charge is -2.02. The number of nitrogens with one attached hydrogen (secondary N) is 1. The molecule has 5 heteroatoms. The van der Waals surface area contributed by atoms with Gasteiger partial charge in [-0.1, -0.05) is 29.8 Å². The minimum atomic E-state index is -0.702. The SMILES string of the molecule is Fc1ccc(N/N=C/c2ccccc2Cl)c(F)c1. The molecule has 0 spiro atoms. The monoisotopic (exact) mass is 266 g/mol. The van der Waals surface area contributed by atoms with Crippen LogP contribution in [-0.2, 0) is 0 Å². The Morgan fingerprint density at radius 1 is 1.11 bits per heavy atom. The maximum atomic E-state index is 13.3. The number of hydrazone groups is 1. The van der Waals surface area contributed by atoms with Crippen molar-refractivity contribution in [2.24, 2.45) is 5.10 Å². The Kier molecular flexibility index (Phi) is 3.89. The molecule has 0 atom stereocenters.